The van der Waals surface area contributed by atoms with Gasteiger partial charge in [-0.2, -0.15) is 0 Å². The zero-order valence-electron chi connectivity index (χ0n) is 13.4. The molecule has 0 aromatic heterocycles. The molecule has 3 aromatic carbocycles. The van der Waals surface area contributed by atoms with Crippen molar-refractivity contribution in [2.45, 2.75) is 13.1 Å². The van der Waals surface area contributed by atoms with Gasteiger partial charge < -0.3 is 0 Å². The van der Waals surface area contributed by atoms with Crippen LogP contribution in [0.4, 0.5) is 0 Å². The highest BCUT2D eigenvalue weighted by molar-refractivity contribution is 6.53. The summed E-state index contributed by atoms with van der Waals surface area (Å²) in [5.41, 5.74) is 2.79. The van der Waals surface area contributed by atoms with Crippen molar-refractivity contribution in [3.8, 4) is 0 Å². The van der Waals surface area contributed by atoms with Crippen LogP contribution in [0.2, 0.25) is 0 Å². The summed E-state index contributed by atoms with van der Waals surface area (Å²) in [6, 6.07) is 32.5. The maximum atomic E-state index is 2.59. The van der Waals surface area contributed by atoms with Gasteiger partial charge in [0.15, 0.2) is 0 Å². The van der Waals surface area contributed by atoms with Crippen LogP contribution in [0.15, 0.2) is 91.0 Å². The molecule has 2 heteroatoms. The van der Waals surface area contributed by atoms with Crippen molar-refractivity contribution in [3.63, 3.8) is 0 Å². The van der Waals surface area contributed by atoms with Gasteiger partial charge in [-0.3, -0.25) is 4.90 Å². The first kappa shape index (κ1) is 15.7. The molecule has 116 valence electrons. The highest BCUT2D eigenvalue weighted by Gasteiger charge is 2.08. The van der Waals surface area contributed by atoms with E-state index < -0.39 is 0 Å². The van der Waals surface area contributed by atoms with E-state index in [2.05, 4.69) is 95.9 Å². The molecule has 0 radical (unpaired) electrons. The summed E-state index contributed by atoms with van der Waals surface area (Å²) in [7, 11) is -0.265. The minimum atomic E-state index is -0.265. The van der Waals surface area contributed by atoms with Crippen LogP contribution in [0.1, 0.15) is 11.1 Å². The topological polar surface area (TPSA) is 3.24 Å². The Hall–Kier alpha value is -2.16. The molecule has 0 fully saturated rings. The van der Waals surface area contributed by atoms with Gasteiger partial charge >= 0.3 is 0 Å². The van der Waals surface area contributed by atoms with Crippen molar-refractivity contribution >= 4 is 14.7 Å². The molecule has 0 amide bonds. The molecule has 0 aliphatic rings. The first-order valence-electron chi connectivity index (χ1n) is 8.24. The summed E-state index contributed by atoms with van der Waals surface area (Å²) in [5, 5.41) is 1.54. The second-order valence-electron chi connectivity index (χ2n) is 5.92. The third-order valence-electron chi connectivity index (χ3n) is 4.06. The van der Waals surface area contributed by atoms with Crippen molar-refractivity contribution in [1.82, 2.24) is 4.90 Å². The van der Waals surface area contributed by atoms with Gasteiger partial charge in [-0.25, -0.2) is 0 Å². The number of rotatable bonds is 7. The Morgan fingerprint density at radius 1 is 0.565 bits per heavy atom. The van der Waals surface area contributed by atoms with Gasteiger partial charge in [0.25, 0.3) is 0 Å². The standard InChI is InChI=1S/C21H23NSi/c1-4-10-19(11-5-1)16-22(17-20-12-6-2-7-13-20)18-23-21-14-8-3-9-15-21/h1-15H,16-18,23H2. The SMILES string of the molecule is c1ccc(CN(C[SiH2]c2ccccc2)Cc2ccccc2)cc1. The molecule has 0 saturated heterocycles. The lowest BCUT2D eigenvalue weighted by atomic mass is 10.2. The Morgan fingerprint density at radius 2 is 1.00 bits per heavy atom. The maximum absolute atomic E-state index is 2.59. The molecule has 0 aliphatic carbocycles. The van der Waals surface area contributed by atoms with Crippen LogP contribution in [-0.4, -0.2) is 20.6 Å². The fourth-order valence-corrected chi connectivity index (χ4v) is 4.33. The quantitative estimate of drug-likeness (QED) is 0.605. The number of hydrogen-bond acceptors (Lipinski definition) is 1. The fraction of sp³-hybridized carbons (Fsp3) is 0.143. The first-order chi connectivity index (χ1) is 11.4. The van der Waals surface area contributed by atoms with E-state index in [1.165, 1.54) is 17.3 Å². The molecule has 0 atom stereocenters. The summed E-state index contributed by atoms with van der Waals surface area (Å²) in [5.74, 6) is 0. The van der Waals surface area contributed by atoms with Crippen LogP contribution < -0.4 is 5.19 Å². The lowest BCUT2D eigenvalue weighted by Crippen LogP contribution is -2.32. The molecule has 1 nitrogen and oxygen atoms in total. The average Bonchev–Trinajstić information content (AvgIpc) is 2.62. The lowest BCUT2D eigenvalue weighted by Gasteiger charge is -2.22. The smallest absolute Gasteiger partial charge is 0.0704 e. The van der Waals surface area contributed by atoms with Crippen LogP contribution in [0.3, 0.4) is 0 Å². The second-order valence-corrected chi connectivity index (χ2v) is 7.68. The fourth-order valence-electron chi connectivity index (χ4n) is 2.83. The number of benzene rings is 3. The summed E-state index contributed by atoms with van der Waals surface area (Å²) in [6.07, 6.45) is 1.20. The van der Waals surface area contributed by atoms with Crippen molar-refractivity contribution in [2.24, 2.45) is 0 Å². The Morgan fingerprint density at radius 3 is 1.48 bits per heavy atom. The van der Waals surface area contributed by atoms with Gasteiger partial charge in [0.1, 0.15) is 0 Å². The Kier molecular flexibility index (Phi) is 5.79. The van der Waals surface area contributed by atoms with E-state index in [-0.39, 0.29) is 9.52 Å². The molecule has 0 spiro atoms. The Bertz CT molecular complexity index is 641. The maximum Gasteiger partial charge on any atom is 0.0704 e. The summed E-state index contributed by atoms with van der Waals surface area (Å²) in [4.78, 5) is 2.59. The molecule has 23 heavy (non-hydrogen) atoms. The summed E-state index contributed by atoms with van der Waals surface area (Å²) >= 11 is 0. The molecular weight excluding hydrogens is 294 g/mol. The van der Waals surface area contributed by atoms with E-state index in [0.29, 0.717) is 0 Å². The van der Waals surface area contributed by atoms with E-state index in [1.54, 1.807) is 5.19 Å². The normalized spacial score (nSPS) is 11.3. The van der Waals surface area contributed by atoms with Crippen molar-refractivity contribution < 1.29 is 0 Å². The van der Waals surface area contributed by atoms with Gasteiger partial charge in [0, 0.05) is 13.1 Å². The third-order valence-corrected chi connectivity index (χ3v) is 5.96. The molecule has 0 heterocycles. The summed E-state index contributed by atoms with van der Waals surface area (Å²) < 4.78 is 0. The number of hydrogen-bond donors (Lipinski definition) is 0. The van der Waals surface area contributed by atoms with Gasteiger partial charge in [0.2, 0.25) is 0 Å². The first-order valence-corrected chi connectivity index (χ1v) is 9.95. The van der Waals surface area contributed by atoms with Crippen LogP contribution in [-0.2, 0) is 13.1 Å². The molecule has 0 saturated carbocycles. The summed E-state index contributed by atoms with van der Waals surface area (Å²) in [6.45, 7) is 2.05. The third kappa shape index (κ3) is 5.20. The van der Waals surface area contributed by atoms with E-state index in [0.717, 1.165) is 13.1 Å². The average molecular weight is 318 g/mol. The van der Waals surface area contributed by atoms with Crippen molar-refractivity contribution in [3.05, 3.63) is 102 Å². The van der Waals surface area contributed by atoms with Crippen LogP contribution >= 0.6 is 0 Å². The van der Waals surface area contributed by atoms with Crippen LogP contribution in [0.5, 0.6) is 0 Å². The highest BCUT2D eigenvalue weighted by atomic mass is 28.2. The van der Waals surface area contributed by atoms with Gasteiger partial charge in [-0.15, -0.1) is 0 Å². The number of nitrogens with zero attached hydrogens (tertiary/aromatic N) is 1. The predicted octanol–water partition coefficient (Wildman–Crippen LogP) is 3.14. The van der Waals surface area contributed by atoms with Gasteiger partial charge in [-0.05, 0) is 17.3 Å². The second kappa shape index (κ2) is 8.46. The highest BCUT2D eigenvalue weighted by Crippen LogP contribution is 2.09. The molecule has 0 unspecified atom stereocenters. The molecule has 0 N–H and O–H groups in total. The monoisotopic (exact) mass is 317 g/mol. The van der Waals surface area contributed by atoms with E-state index >= 15 is 0 Å². The Labute approximate surface area is 141 Å². The molecule has 0 bridgehead atoms. The van der Waals surface area contributed by atoms with Gasteiger partial charge in [-0.1, -0.05) is 96.2 Å². The minimum absolute atomic E-state index is 0.265. The molecule has 3 aromatic rings. The molecule has 3 rings (SSSR count). The zero-order chi connectivity index (χ0) is 15.7. The largest absolute Gasteiger partial charge is 0.298 e. The molecule has 0 aliphatic heterocycles. The van der Waals surface area contributed by atoms with E-state index in [1.807, 2.05) is 0 Å². The lowest BCUT2D eigenvalue weighted by molar-refractivity contribution is 0.300. The molecular formula is C21H23NSi. The Balaban J connectivity index is 1.67. The van der Waals surface area contributed by atoms with Crippen molar-refractivity contribution in [1.29, 1.82) is 0 Å². The van der Waals surface area contributed by atoms with Gasteiger partial charge in [0.05, 0.1) is 9.52 Å². The van der Waals surface area contributed by atoms with Crippen LogP contribution in [0.25, 0.3) is 0 Å². The van der Waals surface area contributed by atoms with E-state index in [4.69, 9.17) is 0 Å². The van der Waals surface area contributed by atoms with Crippen LogP contribution in [0, 0.1) is 0 Å². The minimum Gasteiger partial charge on any atom is -0.298 e. The predicted molar refractivity (Wildman–Crippen MR) is 102 cm³/mol. The van der Waals surface area contributed by atoms with Crippen molar-refractivity contribution in [2.75, 3.05) is 6.17 Å². The zero-order valence-corrected chi connectivity index (χ0v) is 14.9. The van der Waals surface area contributed by atoms with E-state index in [9.17, 15) is 0 Å².